The van der Waals surface area contributed by atoms with Gasteiger partial charge in [0.2, 0.25) is 11.7 Å². The van der Waals surface area contributed by atoms with Crippen LogP contribution in [-0.2, 0) is 20.9 Å². The normalized spacial score (nSPS) is 15.5. The third kappa shape index (κ3) is 7.04. The fraction of sp³-hybridized carbons (Fsp3) is 0.560. The zero-order valence-electron chi connectivity index (χ0n) is 22.1. The molecule has 0 aliphatic carbocycles. The van der Waals surface area contributed by atoms with Crippen LogP contribution in [0.3, 0.4) is 0 Å². The van der Waals surface area contributed by atoms with Crippen molar-refractivity contribution < 1.29 is 23.2 Å². The van der Waals surface area contributed by atoms with Crippen molar-refractivity contribution in [2.45, 2.75) is 52.7 Å². The zero-order valence-corrected chi connectivity index (χ0v) is 22.1. The first-order valence-electron chi connectivity index (χ1n) is 12.4. The second kappa shape index (κ2) is 11.3. The molecule has 0 radical (unpaired) electrons. The maximum absolute atomic E-state index is 13.7. The fourth-order valence-corrected chi connectivity index (χ4v) is 4.11. The SMILES string of the molecule is Cc1ccc(-c2nnn(CC(=O)N(CCN3CCOCC3)[C@H](C(=O)NC(C)(C)C)c3ccc(C)o3)n2)o1. The lowest BCUT2D eigenvalue weighted by Gasteiger charge is -2.34. The number of furan rings is 2. The van der Waals surface area contributed by atoms with E-state index in [0.717, 1.165) is 18.8 Å². The van der Waals surface area contributed by atoms with Gasteiger partial charge in [-0.2, -0.15) is 4.80 Å². The first-order chi connectivity index (χ1) is 17.6. The maximum atomic E-state index is 13.7. The average molecular weight is 514 g/mol. The van der Waals surface area contributed by atoms with Gasteiger partial charge in [0.05, 0.1) is 13.2 Å². The number of carbonyl (C=O) groups is 2. The number of hydrogen-bond acceptors (Lipinski definition) is 9. The number of hydrogen-bond donors (Lipinski definition) is 1. The van der Waals surface area contributed by atoms with Crippen LogP contribution in [0.15, 0.2) is 33.1 Å². The highest BCUT2D eigenvalue weighted by Gasteiger charge is 2.36. The molecule has 3 aromatic rings. The summed E-state index contributed by atoms with van der Waals surface area (Å²) in [6, 6.07) is 6.12. The molecular weight excluding hydrogens is 478 g/mol. The average Bonchev–Trinajstić information content (AvgIpc) is 3.57. The van der Waals surface area contributed by atoms with Gasteiger partial charge in [-0.05, 0) is 64.1 Å². The van der Waals surface area contributed by atoms with E-state index in [4.69, 9.17) is 13.6 Å². The Kier molecular flexibility index (Phi) is 8.08. The Labute approximate surface area is 215 Å². The molecule has 1 atom stereocenters. The Morgan fingerprint density at radius 3 is 2.41 bits per heavy atom. The van der Waals surface area contributed by atoms with Gasteiger partial charge < -0.3 is 23.8 Å². The first-order valence-corrected chi connectivity index (χ1v) is 12.4. The smallest absolute Gasteiger partial charge is 0.251 e. The number of tetrazole rings is 1. The van der Waals surface area contributed by atoms with Crippen LogP contribution in [0.1, 0.15) is 44.1 Å². The topological polar surface area (TPSA) is 132 Å². The highest BCUT2D eigenvalue weighted by molar-refractivity contribution is 5.88. The molecule has 37 heavy (non-hydrogen) atoms. The third-order valence-electron chi connectivity index (χ3n) is 5.86. The number of nitrogens with one attached hydrogen (secondary N) is 1. The number of morpholine rings is 1. The number of rotatable bonds is 9. The van der Waals surface area contributed by atoms with Gasteiger partial charge in [-0.1, -0.05) is 0 Å². The van der Waals surface area contributed by atoms with Crippen LogP contribution < -0.4 is 5.32 Å². The van der Waals surface area contributed by atoms with Crippen LogP contribution in [0.4, 0.5) is 0 Å². The lowest BCUT2D eigenvalue weighted by Crippen LogP contribution is -2.52. The van der Waals surface area contributed by atoms with Crippen LogP contribution in [0.25, 0.3) is 11.6 Å². The van der Waals surface area contributed by atoms with Crippen molar-refractivity contribution in [2.24, 2.45) is 0 Å². The van der Waals surface area contributed by atoms with E-state index in [-0.39, 0.29) is 24.2 Å². The van der Waals surface area contributed by atoms with Crippen LogP contribution in [-0.4, -0.2) is 86.8 Å². The molecule has 0 aromatic carbocycles. The second-order valence-electron chi connectivity index (χ2n) is 10.2. The van der Waals surface area contributed by atoms with Crippen molar-refractivity contribution in [3.05, 3.63) is 41.5 Å². The van der Waals surface area contributed by atoms with Crippen LogP contribution >= 0.6 is 0 Å². The summed E-state index contributed by atoms with van der Waals surface area (Å²) in [6.45, 7) is 12.8. The number of nitrogens with zero attached hydrogens (tertiary/aromatic N) is 6. The van der Waals surface area contributed by atoms with Gasteiger partial charge >= 0.3 is 0 Å². The molecule has 1 saturated heterocycles. The lowest BCUT2D eigenvalue weighted by atomic mass is 10.1. The van der Waals surface area contributed by atoms with E-state index in [9.17, 15) is 9.59 Å². The number of amides is 2. The van der Waals surface area contributed by atoms with Gasteiger partial charge in [0.1, 0.15) is 23.8 Å². The maximum Gasteiger partial charge on any atom is 0.251 e. The standard InChI is InChI=1S/C25H35N7O5/c1-17-6-8-19(36-17)22(24(34)26-25(3,4)5)31(11-10-30-12-14-35-15-13-30)21(33)16-32-28-23(27-29-32)20-9-7-18(2)37-20/h6-9,22H,10-16H2,1-5H3,(H,26,34)/t22-/m0/s1. The molecule has 4 heterocycles. The molecule has 12 heteroatoms. The molecule has 12 nitrogen and oxygen atoms in total. The predicted octanol–water partition coefficient (Wildman–Crippen LogP) is 1.96. The van der Waals surface area contributed by atoms with Gasteiger partial charge in [-0.3, -0.25) is 14.5 Å². The third-order valence-corrected chi connectivity index (χ3v) is 5.86. The van der Waals surface area contributed by atoms with Crippen molar-refractivity contribution in [2.75, 3.05) is 39.4 Å². The van der Waals surface area contributed by atoms with Gasteiger partial charge in [0, 0.05) is 31.7 Å². The Morgan fingerprint density at radius 1 is 1.08 bits per heavy atom. The number of carbonyl (C=O) groups excluding carboxylic acids is 2. The van der Waals surface area contributed by atoms with Gasteiger partial charge in [0.15, 0.2) is 11.8 Å². The summed E-state index contributed by atoms with van der Waals surface area (Å²) >= 11 is 0. The summed E-state index contributed by atoms with van der Waals surface area (Å²) in [5, 5.41) is 15.4. The quantitative estimate of drug-likeness (QED) is 0.456. The van der Waals surface area contributed by atoms with Gasteiger partial charge in [-0.15, -0.1) is 10.2 Å². The summed E-state index contributed by atoms with van der Waals surface area (Å²) in [6.07, 6.45) is 0. The number of ether oxygens (including phenoxy) is 1. The van der Waals surface area contributed by atoms with E-state index in [1.54, 1.807) is 31.2 Å². The monoisotopic (exact) mass is 513 g/mol. The summed E-state index contributed by atoms with van der Waals surface area (Å²) in [5.41, 5.74) is -0.501. The molecule has 0 unspecified atom stereocenters. The van der Waals surface area contributed by atoms with Crippen LogP contribution in [0.5, 0.6) is 0 Å². The van der Waals surface area contributed by atoms with Gasteiger partial charge in [-0.25, -0.2) is 0 Å². The number of aryl methyl sites for hydroxylation is 2. The first kappa shape index (κ1) is 26.6. The Hall–Kier alpha value is -3.51. The molecule has 1 N–H and O–H groups in total. The van der Waals surface area contributed by atoms with Crippen molar-refractivity contribution in [3.8, 4) is 11.6 Å². The second-order valence-corrected chi connectivity index (χ2v) is 10.2. The van der Waals surface area contributed by atoms with Crippen LogP contribution in [0, 0.1) is 13.8 Å². The predicted molar refractivity (Wildman–Crippen MR) is 133 cm³/mol. The van der Waals surface area contributed by atoms with Crippen LogP contribution in [0.2, 0.25) is 0 Å². The molecule has 1 aliphatic heterocycles. The van der Waals surface area contributed by atoms with E-state index >= 15 is 0 Å². The molecule has 3 aromatic heterocycles. The largest absolute Gasteiger partial charge is 0.464 e. The molecule has 1 fully saturated rings. The molecule has 0 spiro atoms. The highest BCUT2D eigenvalue weighted by Crippen LogP contribution is 2.25. The van der Waals surface area contributed by atoms with E-state index < -0.39 is 11.6 Å². The highest BCUT2D eigenvalue weighted by atomic mass is 16.5. The lowest BCUT2D eigenvalue weighted by molar-refractivity contribution is -0.143. The minimum Gasteiger partial charge on any atom is -0.464 e. The molecular formula is C25H35N7O5. The van der Waals surface area contributed by atoms with Crippen molar-refractivity contribution in [1.29, 1.82) is 0 Å². The molecule has 1 aliphatic rings. The van der Waals surface area contributed by atoms with E-state index in [1.807, 2.05) is 27.7 Å². The summed E-state index contributed by atoms with van der Waals surface area (Å²) in [4.78, 5) is 32.2. The summed E-state index contributed by atoms with van der Waals surface area (Å²) in [7, 11) is 0. The van der Waals surface area contributed by atoms with Crippen molar-refractivity contribution >= 4 is 11.8 Å². The molecule has 0 bridgehead atoms. The Balaban J connectivity index is 1.60. The molecule has 4 rings (SSSR count). The minimum absolute atomic E-state index is 0.200. The van der Waals surface area contributed by atoms with Crippen molar-refractivity contribution in [3.63, 3.8) is 0 Å². The summed E-state index contributed by atoms with van der Waals surface area (Å²) in [5.74, 6) is 1.86. The molecule has 200 valence electrons. The van der Waals surface area contributed by atoms with E-state index in [0.29, 0.717) is 43.6 Å². The fourth-order valence-electron chi connectivity index (χ4n) is 4.11. The van der Waals surface area contributed by atoms with Gasteiger partial charge in [0.25, 0.3) is 5.91 Å². The molecule has 0 saturated carbocycles. The van der Waals surface area contributed by atoms with E-state index in [1.165, 1.54) is 9.70 Å². The Morgan fingerprint density at radius 2 is 1.78 bits per heavy atom. The number of aromatic nitrogens is 4. The zero-order chi connectivity index (χ0) is 26.6. The molecule has 2 amide bonds. The minimum atomic E-state index is -0.961. The van der Waals surface area contributed by atoms with E-state index in [2.05, 4.69) is 25.6 Å². The summed E-state index contributed by atoms with van der Waals surface area (Å²) < 4.78 is 16.9. The van der Waals surface area contributed by atoms with Crippen molar-refractivity contribution in [1.82, 2.24) is 35.3 Å². The Bertz CT molecular complexity index is 1200.